The van der Waals surface area contributed by atoms with E-state index in [1.807, 2.05) is 6.08 Å². The zero-order chi connectivity index (χ0) is 13.7. The van der Waals surface area contributed by atoms with Crippen LogP contribution in [0.25, 0.3) is 6.08 Å². The van der Waals surface area contributed by atoms with Crippen LogP contribution in [0.2, 0.25) is 0 Å². The van der Waals surface area contributed by atoms with E-state index < -0.39 is 0 Å². The molecule has 1 aromatic carbocycles. The van der Waals surface area contributed by atoms with Gasteiger partial charge in [-0.15, -0.1) is 0 Å². The summed E-state index contributed by atoms with van der Waals surface area (Å²) in [5.74, 6) is 4.83. The summed E-state index contributed by atoms with van der Waals surface area (Å²) < 4.78 is 6.56. The van der Waals surface area contributed by atoms with Crippen molar-refractivity contribution in [3.05, 3.63) is 36.4 Å². The van der Waals surface area contributed by atoms with Gasteiger partial charge in [0.2, 0.25) is 0 Å². The SMILES string of the molecule is C=Cc1ccc(OC2(CC)CC3CC2C2CCC32)cc1. The smallest absolute Gasteiger partial charge is 0.120 e. The lowest BCUT2D eigenvalue weighted by atomic mass is 9.60. The van der Waals surface area contributed by atoms with Crippen LogP contribution in [0.1, 0.15) is 44.6 Å². The molecule has 3 fully saturated rings. The van der Waals surface area contributed by atoms with E-state index in [9.17, 15) is 0 Å². The Morgan fingerprint density at radius 1 is 1.25 bits per heavy atom. The summed E-state index contributed by atoms with van der Waals surface area (Å²) in [5.41, 5.74) is 1.29. The first-order valence-corrected chi connectivity index (χ1v) is 8.17. The van der Waals surface area contributed by atoms with Crippen LogP contribution < -0.4 is 4.74 Å². The van der Waals surface area contributed by atoms with Gasteiger partial charge in [0.05, 0.1) is 0 Å². The average molecular weight is 268 g/mol. The maximum Gasteiger partial charge on any atom is 0.120 e. The molecule has 1 aromatic rings. The van der Waals surface area contributed by atoms with Gasteiger partial charge in [0.15, 0.2) is 0 Å². The topological polar surface area (TPSA) is 9.23 Å². The molecule has 1 heteroatoms. The maximum atomic E-state index is 6.56. The van der Waals surface area contributed by atoms with Crippen molar-refractivity contribution in [3.8, 4) is 5.75 Å². The van der Waals surface area contributed by atoms with Crippen LogP contribution in [0.4, 0.5) is 0 Å². The molecular weight excluding hydrogens is 244 g/mol. The molecule has 106 valence electrons. The normalized spacial score (nSPS) is 41.0. The van der Waals surface area contributed by atoms with Crippen LogP contribution in [0.15, 0.2) is 30.8 Å². The molecule has 0 radical (unpaired) electrons. The summed E-state index contributed by atoms with van der Waals surface area (Å²) in [6, 6.07) is 8.42. The van der Waals surface area contributed by atoms with E-state index in [1.54, 1.807) is 0 Å². The molecule has 3 aliphatic rings. The molecule has 0 spiro atoms. The standard InChI is InChI=1S/C19H24O/c1-3-13-5-7-15(8-6-13)20-19(4-2)12-14-11-18(19)17-10-9-16(14)17/h3,5-8,14,16-18H,1,4,9-12H2,2H3. The van der Waals surface area contributed by atoms with Crippen LogP contribution in [-0.2, 0) is 0 Å². The molecule has 20 heavy (non-hydrogen) atoms. The first-order chi connectivity index (χ1) is 9.75. The predicted octanol–water partition coefficient (Wildman–Crippen LogP) is 4.92. The van der Waals surface area contributed by atoms with E-state index in [4.69, 9.17) is 4.74 Å². The van der Waals surface area contributed by atoms with Crippen molar-refractivity contribution in [1.29, 1.82) is 0 Å². The highest BCUT2D eigenvalue weighted by Crippen LogP contribution is 2.66. The minimum absolute atomic E-state index is 0.127. The number of benzene rings is 1. The molecule has 1 nitrogen and oxygen atoms in total. The molecule has 0 N–H and O–H groups in total. The van der Waals surface area contributed by atoms with Crippen LogP contribution in [-0.4, -0.2) is 5.60 Å². The first kappa shape index (κ1) is 12.5. The third-order valence-electron chi connectivity index (χ3n) is 6.38. The molecular formula is C19H24O. The number of hydrogen-bond donors (Lipinski definition) is 0. The molecule has 0 aromatic heterocycles. The van der Waals surface area contributed by atoms with Gasteiger partial charge in [-0.25, -0.2) is 0 Å². The summed E-state index contributed by atoms with van der Waals surface area (Å²) in [7, 11) is 0. The van der Waals surface area contributed by atoms with Gasteiger partial charge in [0, 0.05) is 5.92 Å². The molecule has 3 saturated carbocycles. The van der Waals surface area contributed by atoms with Crippen molar-refractivity contribution >= 4 is 6.08 Å². The molecule has 5 unspecified atom stereocenters. The minimum atomic E-state index is 0.127. The van der Waals surface area contributed by atoms with Gasteiger partial charge in [-0.2, -0.15) is 0 Å². The largest absolute Gasteiger partial charge is 0.487 e. The molecule has 4 rings (SSSR count). The third-order valence-corrected chi connectivity index (χ3v) is 6.38. The van der Waals surface area contributed by atoms with Crippen molar-refractivity contribution in [2.45, 2.75) is 44.6 Å². The molecule has 0 saturated heterocycles. The number of fused-ring (bicyclic) bond motifs is 5. The highest BCUT2D eigenvalue weighted by atomic mass is 16.5. The molecule has 3 aliphatic carbocycles. The second kappa shape index (κ2) is 4.38. The maximum absolute atomic E-state index is 6.56. The van der Waals surface area contributed by atoms with Crippen LogP contribution in [0, 0.1) is 23.7 Å². The third kappa shape index (κ3) is 1.62. The Hall–Kier alpha value is -1.24. The summed E-state index contributed by atoms with van der Waals surface area (Å²) in [4.78, 5) is 0. The monoisotopic (exact) mass is 268 g/mol. The van der Waals surface area contributed by atoms with Gasteiger partial charge in [-0.1, -0.05) is 31.7 Å². The Labute approximate surface area is 122 Å². The fourth-order valence-electron chi connectivity index (χ4n) is 5.25. The predicted molar refractivity (Wildman–Crippen MR) is 82.6 cm³/mol. The Kier molecular flexibility index (Phi) is 2.73. The van der Waals surface area contributed by atoms with Crippen molar-refractivity contribution in [1.82, 2.24) is 0 Å². The zero-order valence-corrected chi connectivity index (χ0v) is 12.3. The van der Waals surface area contributed by atoms with E-state index in [2.05, 4.69) is 37.8 Å². The fourth-order valence-corrected chi connectivity index (χ4v) is 5.25. The lowest BCUT2D eigenvalue weighted by Crippen LogP contribution is -2.49. The van der Waals surface area contributed by atoms with Crippen molar-refractivity contribution < 1.29 is 4.74 Å². The molecule has 0 aliphatic heterocycles. The number of rotatable bonds is 4. The lowest BCUT2D eigenvalue weighted by molar-refractivity contribution is -0.0631. The van der Waals surface area contributed by atoms with Gasteiger partial charge in [0.25, 0.3) is 0 Å². The molecule has 2 bridgehead atoms. The second-order valence-corrected chi connectivity index (χ2v) is 7.01. The van der Waals surface area contributed by atoms with Gasteiger partial charge in [-0.3, -0.25) is 0 Å². The second-order valence-electron chi connectivity index (χ2n) is 7.01. The van der Waals surface area contributed by atoms with Crippen molar-refractivity contribution in [2.24, 2.45) is 23.7 Å². The van der Waals surface area contributed by atoms with E-state index in [1.165, 1.54) is 25.7 Å². The molecule has 5 atom stereocenters. The Balaban J connectivity index is 1.57. The highest BCUT2D eigenvalue weighted by molar-refractivity contribution is 5.48. The Bertz CT molecular complexity index is 515. The highest BCUT2D eigenvalue weighted by Gasteiger charge is 2.63. The van der Waals surface area contributed by atoms with E-state index in [0.29, 0.717) is 0 Å². The summed E-state index contributed by atoms with van der Waals surface area (Å²) >= 11 is 0. The molecule has 0 amide bonds. The zero-order valence-electron chi connectivity index (χ0n) is 12.3. The summed E-state index contributed by atoms with van der Waals surface area (Å²) in [5, 5.41) is 0. The van der Waals surface area contributed by atoms with Crippen molar-refractivity contribution in [3.63, 3.8) is 0 Å². The van der Waals surface area contributed by atoms with E-state index in [-0.39, 0.29) is 5.60 Å². The van der Waals surface area contributed by atoms with Crippen molar-refractivity contribution in [2.75, 3.05) is 0 Å². The van der Waals surface area contributed by atoms with Crippen LogP contribution in [0.5, 0.6) is 5.75 Å². The van der Waals surface area contributed by atoms with Gasteiger partial charge < -0.3 is 4.74 Å². The first-order valence-electron chi connectivity index (χ1n) is 8.17. The van der Waals surface area contributed by atoms with Gasteiger partial charge in [-0.05, 0) is 67.6 Å². The average Bonchev–Trinajstić information content (AvgIpc) is 2.89. The summed E-state index contributed by atoms with van der Waals surface area (Å²) in [6.07, 6.45) is 8.69. The lowest BCUT2D eigenvalue weighted by Gasteiger charge is -2.49. The van der Waals surface area contributed by atoms with Crippen LogP contribution in [0.3, 0.4) is 0 Å². The Morgan fingerprint density at radius 3 is 2.55 bits per heavy atom. The molecule has 0 heterocycles. The fraction of sp³-hybridized carbons (Fsp3) is 0.579. The van der Waals surface area contributed by atoms with E-state index in [0.717, 1.165) is 41.4 Å². The van der Waals surface area contributed by atoms with Gasteiger partial charge in [0.1, 0.15) is 11.4 Å². The summed E-state index contributed by atoms with van der Waals surface area (Å²) in [6.45, 7) is 6.12. The van der Waals surface area contributed by atoms with Gasteiger partial charge >= 0.3 is 0 Å². The minimum Gasteiger partial charge on any atom is -0.487 e. The number of ether oxygens (including phenoxy) is 1. The number of hydrogen-bond acceptors (Lipinski definition) is 1. The Morgan fingerprint density at radius 2 is 2.00 bits per heavy atom. The van der Waals surface area contributed by atoms with Crippen LogP contribution >= 0.6 is 0 Å². The quantitative estimate of drug-likeness (QED) is 0.753. The van der Waals surface area contributed by atoms with E-state index >= 15 is 0 Å².